The lowest BCUT2D eigenvalue weighted by molar-refractivity contribution is 0.0764. The van der Waals surface area contributed by atoms with E-state index < -0.39 is 6.04 Å². The monoisotopic (exact) mass is 435 g/mol. The summed E-state index contributed by atoms with van der Waals surface area (Å²) in [5.41, 5.74) is 3.62. The van der Waals surface area contributed by atoms with Gasteiger partial charge < -0.3 is 14.7 Å². The van der Waals surface area contributed by atoms with E-state index in [1.165, 1.54) is 0 Å². The Hall–Kier alpha value is -3.51. The average Bonchev–Trinajstić information content (AvgIpc) is 3.29. The number of H-pyrrole nitrogens is 1. The van der Waals surface area contributed by atoms with Crippen LogP contribution in [0.5, 0.6) is 11.5 Å². The lowest BCUT2D eigenvalue weighted by atomic mass is 9.95. The zero-order chi connectivity index (χ0) is 22.1. The van der Waals surface area contributed by atoms with Crippen LogP contribution in [0.25, 0.3) is 11.3 Å². The third-order valence-electron chi connectivity index (χ3n) is 5.26. The van der Waals surface area contributed by atoms with Crippen LogP contribution in [0.1, 0.15) is 33.2 Å². The van der Waals surface area contributed by atoms with Gasteiger partial charge in [0, 0.05) is 22.7 Å². The Morgan fingerprint density at radius 3 is 2.84 bits per heavy atom. The number of hydrogen-bond donors (Lipinski definition) is 2. The van der Waals surface area contributed by atoms with Crippen LogP contribution < -0.4 is 4.74 Å². The summed E-state index contributed by atoms with van der Waals surface area (Å²) in [5.74, 6) is 0.532. The zero-order valence-electron chi connectivity index (χ0n) is 17.1. The lowest BCUT2D eigenvalue weighted by Crippen LogP contribution is -2.29. The summed E-state index contributed by atoms with van der Waals surface area (Å²) in [6.45, 7) is 10.0. The van der Waals surface area contributed by atoms with E-state index in [0.717, 1.165) is 11.1 Å². The molecule has 6 nitrogen and oxygen atoms in total. The molecule has 3 aromatic rings. The highest BCUT2D eigenvalue weighted by molar-refractivity contribution is 6.31. The van der Waals surface area contributed by atoms with Gasteiger partial charge in [-0.15, -0.1) is 6.58 Å². The van der Waals surface area contributed by atoms with Crippen LogP contribution in [-0.4, -0.2) is 39.3 Å². The first-order valence-corrected chi connectivity index (χ1v) is 10.2. The number of phenolic OH excluding ortho intramolecular Hbond substituents is 1. The molecule has 0 spiro atoms. The lowest BCUT2D eigenvalue weighted by Gasteiger charge is -2.25. The molecular weight excluding hydrogens is 414 g/mol. The van der Waals surface area contributed by atoms with Gasteiger partial charge in [0.1, 0.15) is 29.5 Å². The molecular formula is C24H22ClN3O3. The van der Waals surface area contributed by atoms with Crippen LogP contribution in [0.4, 0.5) is 0 Å². The molecule has 0 aliphatic carbocycles. The fourth-order valence-electron chi connectivity index (χ4n) is 3.86. The summed E-state index contributed by atoms with van der Waals surface area (Å²) in [7, 11) is 0. The van der Waals surface area contributed by atoms with Gasteiger partial charge in [-0.25, -0.2) is 0 Å². The van der Waals surface area contributed by atoms with Crippen molar-refractivity contribution in [1.82, 2.24) is 15.1 Å². The van der Waals surface area contributed by atoms with Crippen LogP contribution in [0.15, 0.2) is 61.7 Å². The van der Waals surface area contributed by atoms with Gasteiger partial charge in [-0.05, 0) is 42.3 Å². The van der Waals surface area contributed by atoms with Gasteiger partial charge in [0.05, 0.1) is 6.04 Å². The normalized spacial score (nSPS) is 15.1. The summed E-state index contributed by atoms with van der Waals surface area (Å²) >= 11 is 6.32. The average molecular weight is 436 g/mol. The number of halogens is 1. The number of fused-ring (bicyclic) bond motifs is 1. The molecule has 31 heavy (non-hydrogen) atoms. The molecule has 1 atom stereocenters. The third kappa shape index (κ3) is 3.59. The molecule has 0 radical (unpaired) electrons. The molecule has 0 fully saturated rings. The second-order valence-corrected chi connectivity index (χ2v) is 7.71. The third-order valence-corrected chi connectivity index (χ3v) is 5.67. The van der Waals surface area contributed by atoms with Gasteiger partial charge in [-0.1, -0.05) is 42.5 Å². The maximum atomic E-state index is 13.2. The minimum Gasteiger partial charge on any atom is -0.507 e. The predicted octanol–water partition coefficient (Wildman–Crippen LogP) is 5.04. The molecule has 2 heterocycles. The van der Waals surface area contributed by atoms with Crippen molar-refractivity contribution in [2.75, 3.05) is 13.2 Å². The van der Waals surface area contributed by atoms with Crippen molar-refractivity contribution in [1.29, 1.82) is 0 Å². The van der Waals surface area contributed by atoms with E-state index in [1.807, 2.05) is 31.2 Å². The molecule has 7 heteroatoms. The predicted molar refractivity (Wildman–Crippen MR) is 121 cm³/mol. The number of rotatable bonds is 7. The largest absolute Gasteiger partial charge is 0.507 e. The standard InChI is InChI=1S/C24H22ClN3O3/c1-4-9-28-23(15-7-6-8-16(12-15)31-10-5-2)20-21(26-27-22(20)24(28)30)17-13-18(25)14(3)11-19(17)29/h4-8,11-13,23,29H,1-2,9-10H2,3H3,(H,26,27). The Morgan fingerprint density at radius 2 is 2.10 bits per heavy atom. The number of benzene rings is 2. The van der Waals surface area contributed by atoms with E-state index in [4.69, 9.17) is 16.3 Å². The van der Waals surface area contributed by atoms with Gasteiger partial charge in [-0.3, -0.25) is 9.89 Å². The second-order valence-electron chi connectivity index (χ2n) is 7.30. The number of aromatic amines is 1. The Kier molecular flexibility index (Phi) is 5.57. The first-order valence-electron chi connectivity index (χ1n) is 9.79. The molecule has 1 unspecified atom stereocenters. The van der Waals surface area contributed by atoms with Gasteiger partial charge in [-0.2, -0.15) is 5.10 Å². The van der Waals surface area contributed by atoms with Crippen LogP contribution in [0.2, 0.25) is 5.02 Å². The van der Waals surface area contributed by atoms with E-state index in [0.29, 0.717) is 46.4 Å². The highest BCUT2D eigenvalue weighted by atomic mass is 35.5. The first-order chi connectivity index (χ1) is 15.0. The van der Waals surface area contributed by atoms with Crippen molar-refractivity contribution < 1.29 is 14.6 Å². The summed E-state index contributed by atoms with van der Waals surface area (Å²) < 4.78 is 5.69. The van der Waals surface area contributed by atoms with Crippen LogP contribution >= 0.6 is 11.6 Å². The molecule has 1 aromatic heterocycles. The van der Waals surface area contributed by atoms with Crippen molar-refractivity contribution in [2.45, 2.75) is 13.0 Å². The van der Waals surface area contributed by atoms with Crippen LogP contribution in [0, 0.1) is 6.92 Å². The fourth-order valence-corrected chi connectivity index (χ4v) is 4.03. The van der Waals surface area contributed by atoms with E-state index >= 15 is 0 Å². The van der Waals surface area contributed by atoms with E-state index in [9.17, 15) is 9.90 Å². The minimum absolute atomic E-state index is 0.0487. The number of nitrogens with zero attached hydrogens (tertiary/aromatic N) is 2. The number of amides is 1. The van der Waals surface area contributed by atoms with E-state index in [2.05, 4.69) is 23.4 Å². The highest BCUT2D eigenvalue weighted by Crippen LogP contribution is 2.45. The number of phenols is 1. The van der Waals surface area contributed by atoms with E-state index in [-0.39, 0.29) is 11.7 Å². The maximum absolute atomic E-state index is 13.2. The number of hydrogen-bond acceptors (Lipinski definition) is 4. The summed E-state index contributed by atoms with van der Waals surface area (Å²) in [5, 5.41) is 18.3. The summed E-state index contributed by atoms with van der Waals surface area (Å²) in [6.07, 6.45) is 3.36. The molecule has 2 aromatic carbocycles. The molecule has 0 saturated carbocycles. The number of aromatic hydroxyl groups is 1. The number of carbonyl (C=O) groups excluding carboxylic acids is 1. The topological polar surface area (TPSA) is 78.5 Å². The van der Waals surface area contributed by atoms with Crippen molar-refractivity contribution in [2.24, 2.45) is 0 Å². The van der Waals surface area contributed by atoms with Gasteiger partial charge >= 0.3 is 0 Å². The maximum Gasteiger partial charge on any atom is 0.273 e. The number of ether oxygens (including phenoxy) is 1. The Labute approximate surface area is 185 Å². The van der Waals surface area contributed by atoms with Gasteiger partial charge in [0.25, 0.3) is 5.91 Å². The molecule has 4 rings (SSSR count). The van der Waals surface area contributed by atoms with Crippen molar-refractivity contribution in [3.63, 3.8) is 0 Å². The first kappa shape index (κ1) is 20.8. The molecule has 2 N–H and O–H groups in total. The summed E-state index contributed by atoms with van der Waals surface area (Å²) in [4.78, 5) is 14.9. The number of aryl methyl sites for hydroxylation is 1. The fraction of sp³-hybridized carbons (Fsp3) is 0.167. The van der Waals surface area contributed by atoms with Crippen molar-refractivity contribution >= 4 is 17.5 Å². The SMILES string of the molecule is C=CCOc1cccc(C2c3c(-c4cc(Cl)c(C)cc4O)n[nH]c3C(=O)N2CC=C)c1. The van der Waals surface area contributed by atoms with Gasteiger partial charge in [0.2, 0.25) is 0 Å². The smallest absolute Gasteiger partial charge is 0.273 e. The number of carbonyl (C=O) groups is 1. The molecule has 1 aliphatic heterocycles. The Balaban J connectivity index is 1.89. The van der Waals surface area contributed by atoms with Gasteiger partial charge in [0.15, 0.2) is 0 Å². The molecule has 0 bridgehead atoms. The minimum atomic E-state index is -0.430. The highest BCUT2D eigenvalue weighted by Gasteiger charge is 2.42. The zero-order valence-corrected chi connectivity index (χ0v) is 17.8. The summed E-state index contributed by atoms with van der Waals surface area (Å²) in [6, 6.07) is 10.4. The number of aromatic nitrogens is 2. The molecule has 1 aliphatic rings. The Morgan fingerprint density at radius 1 is 1.29 bits per heavy atom. The molecule has 0 saturated heterocycles. The second kappa shape index (κ2) is 8.32. The van der Waals surface area contributed by atoms with Crippen molar-refractivity contribution in [3.05, 3.63) is 89.1 Å². The van der Waals surface area contributed by atoms with Crippen LogP contribution in [0.3, 0.4) is 0 Å². The quantitative estimate of drug-likeness (QED) is 0.509. The molecule has 158 valence electrons. The van der Waals surface area contributed by atoms with Crippen LogP contribution in [-0.2, 0) is 0 Å². The molecule has 1 amide bonds. The number of nitrogens with one attached hydrogen (secondary N) is 1. The van der Waals surface area contributed by atoms with E-state index in [1.54, 1.807) is 29.2 Å². The van der Waals surface area contributed by atoms with Crippen molar-refractivity contribution in [3.8, 4) is 22.8 Å². The Bertz CT molecular complexity index is 1180.